The zero-order chi connectivity index (χ0) is 15.2. The maximum Gasteiger partial charge on any atom is 0.128 e. The zero-order valence-electron chi connectivity index (χ0n) is 13.9. The summed E-state index contributed by atoms with van der Waals surface area (Å²) in [6.07, 6.45) is 7.41. The number of piperidine rings is 1. The number of nitrogens with zero attached hydrogens (tertiary/aromatic N) is 3. The molecule has 0 amide bonds. The number of hydrogen-bond donors (Lipinski definition) is 1. The van der Waals surface area contributed by atoms with Crippen molar-refractivity contribution in [3.63, 3.8) is 0 Å². The number of aryl methyl sites for hydroxylation is 1. The van der Waals surface area contributed by atoms with Crippen molar-refractivity contribution in [1.29, 1.82) is 0 Å². The SMILES string of the molecule is Cc1ccc(N2CCC(CCCN3CCNCC3)CC2)nc1. The third kappa shape index (κ3) is 4.43. The Morgan fingerprint density at radius 2 is 1.91 bits per heavy atom. The average Bonchev–Trinajstić information content (AvgIpc) is 2.57. The van der Waals surface area contributed by atoms with Crippen LogP contribution in [0.25, 0.3) is 0 Å². The molecular formula is C18H30N4. The molecule has 0 saturated carbocycles. The van der Waals surface area contributed by atoms with Crippen molar-refractivity contribution in [2.24, 2.45) is 5.92 Å². The van der Waals surface area contributed by atoms with E-state index in [9.17, 15) is 0 Å². The minimum Gasteiger partial charge on any atom is -0.357 e. The van der Waals surface area contributed by atoms with Crippen LogP contribution in [-0.4, -0.2) is 55.7 Å². The molecule has 3 rings (SSSR count). The molecule has 2 aliphatic heterocycles. The lowest BCUT2D eigenvalue weighted by Crippen LogP contribution is -2.43. The van der Waals surface area contributed by atoms with E-state index >= 15 is 0 Å². The van der Waals surface area contributed by atoms with Gasteiger partial charge in [-0.05, 0) is 56.7 Å². The van der Waals surface area contributed by atoms with Crippen molar-refractivity contribution in [3.8, 4) is 0 Å². The molecule has 0 unspecified atom stereocenters. The van der Waals surface area contributed by atoms with Gasteiger partial charge in [0, 0.05) is 45.5 Å². The average molecular weight is 302 g/mol. The molecule has 4 heteroatoms. The number of hydrogen-bond acceptors (Lipinski definition) is 4. The minimum atomic E-state index is 0.921. The van der Waals surface area contributed by atoms with Crippen LogP contribution < -0.4 is 10.2 Å². The van der Waals surface area contributed by atoms with E-state index in [0.29, 0.717) is 0 Å². The Hall–Kier alpha value is -1.13. The highest BCUT2D eigenvalue weighted by atomic mass is 15.2. The third-order valence-electron chi connectivity index (χ3n) is 5.13. The highest BCUT2D eigenvalue weighted by Gasteiger charge is 2.20. The highest BCUT2D eigenvalue weighted by molar-refractivity contribution is 5.39. The first-order valence-corrected chi connectivity index (χ1v) is 8.92. The van der Waals surface area contributed by atoms with Crippen molar-refractivity contribution in [1.82, 2.24) is 15.2 Å². The van der Waals surface area contributed by atoms with Crippen LogP contribution in [0.1, 0.15) is 31.2 Å². The monoisotopic (exact) mass is 302 g/mol. The van der Waals surface area contributed by atoms with Gasteiger partial charge in [0.2, 0.25) is 0 Å². The van der Waals surface area contributed by atoms with Crippen molar-refractivity contribution in [3.05, 3.63) is 23.9 Å². The Balaban J connectivity index is 1.35. The molecule has 2 fully saturated rings. The summed E-state index contributed by atoms with van der Waals surface area (Å²) in [4.78, 5) is 9.63. The van der Waals surface area contributed by atoms with Crippen molar-refractivity contribution in [2.75, 3.05) is 50.7 Å². The number of piperazine rings is 1. The van der Waals surface area contributed by atoms with E-state index in [1.165, 1.54) is 77.1 Å². The standard InChI is InChI=1S/C18H30N4/c1-16-4-5-18(20-15-16)22-11-6-17(7-12-22)3-2-10-21-13-8-19-9-14-21/h4-5,15,17,19H,2-3,6-14H2,1H3. The fourth-order valence-corrected chi connectivity index (χ4v) is 3.64. The molecule has 1 aromatic heterocycles. The fraction of sp³-hybridized carbons (Fsp3) is 0.722. The van der Waals surface area contributed by atoms with Crippen LogP contribution in [0.15, 0.2) is 18.3 Å². The Morgan fingerprint density at radius 3 is 2.59 bits per heavy atom. The van der Waals surface area contributed by atoms with E-state index in [1.807, 2.05) is 6.20 Å². The molecule has 1 N–H and O–H groups in total. The van der Waals surface area contributed by atoms with E-state index < -0.39 is 0 Å². The van der Waals surface area contributed by atoms with Gasteiger partial charge in [-0.25, -0.2) is 4.98 Å². The van der Waals surface area contributed by atoms with Crippen LogP contribution in [0.2, 0.25) is 0 Å². The molecule has 4 nitrogen and oxygen atoms in total. The van der Waals surface area contributed by atoms with Crippen LogP contribution in [0.3, 0.4) is 0 Å². The number of rotatable bonds is 5. The van der Waals surface area contributed by atoms with Gasteiger partial charge in [-0.15, -0.1) is 0 Å². The molecule has 3 heterocycles. The molecule has 0 spiro atoms. The van der Waals surface area contributed by atoms with Crippen LogP contribution in [0.5, 0.6) is 0 Å². The summed E-state index contributed by atoms with van der Waals surface area (Å²) in [5.74, 6) is 2.08. The number of aromatic nitrogens is 1. The first-order valence-electron chi connectivity index (χ1n) is 8.92. The van der Waals surface area contributed by atoms with E-state index in [4.69, 9.17) is 0 Å². The molecule has 122 valence electrons. The van der Waals surface area contributed by atoms with Crippen LogP contribution in [-0.2, 0) is 0 Å². The summed E-state index contributed by atoms with van der Waals surface area (Å²) in [5, 5.41) is 3.43. The molecule has 2 saturated heterocycles. The van der Waals surface area contributed by atoms with Gasteiger partial charge in [0.15, 0.2) is 0 Å². The second-order valence-corrected chi connectivity index (χ2v) is 6.86. The molecule has 0 radical (unpaired) electrons. The maximum atomic E-state index is 4.56. The lowest BCUT2D eigenvalue weighted by Gasteiger charge is -2.33. The van der Waals surface area contributed by atoms with Gasteiger partial charge in [0.05, 0.1) is 0 Å². The molecule has 0 aliphatic carbocycles. The predicted molar refractivity (Wildman–Crippen MR) is 92.5 cm³/mol. The van der Waals surface area contributed by atoms with Gasteiger partial charge < -0.3 is 15.1 Å². The summed E-state index contributed by atoms with van der Waals surface area (Å²) in [6.45, 7) is 10.5. The molecule has 0 bridgehead atoms. The second kappa shape index (κ2) is 7.93. The van der Waals surface area contributed by atoms with Crippen LogP contribution in [0.4, 0.5) is 5.82 Å². The third-order valence-corrected chi connectivity index (χ3v) is 5.13. The molecular weight excluding hydrogens is 272 g/mol. The summed E-state index contributed by atoms with van der Waals surface area (Å²) in [7, 11) is 0. The Bertz CT molecular complexity index is 431. The molecule has 2 aliphatic rings. The van der Waals surface area contributed by atoms with Crippen LogP contribution >= 0.6 is 0 Å². The molecule has 0 aromatic carbocycles. The van der Waals surface area contributed by atoms with Gasteiger partial charge in [-0.3, -0.25) is 0 Å². The lowest BCUT2D eigenvalue weighted by molar-refractivity contribution is 0.227. The van der Waals surface area contributed by atoms with Gasteiger partial charge in [0.25, 0.3) is 0 Å². The summed E-state index contributed by atoms with van der Waals surface area (Å²) in [6, 6.07) is 4.34. The smallest absolute Gasteiger partial charge is 0.128 e. The Kier molecular flexibility index (Phi) is 5.68. The molecule has 0 atom stereocenters. The summed E-state index contributed by atoms with van der Waals surface area (Å²) < 4.78 is 0. The van der Waals surface area contributed by atoms with Crippen molar-refractivity contribution in [2.45, 2.75) is 32.6 Å². The highest BCUT2D eigenvalue weighted by Crippen LogP contribution is 2.25. The fourth-order valence-electron chi connectivity index (χ4n) is 3.64. The zero-order valence-corrected chi connectivity index (χ0v) is 13.9. The lowest BCUT2D eigenvalue weighted by atomic mass is 9.92. The maximum absolute atomic E-state index is 4.56. The molecule has 1 aromatic rings. The van der Waals surface area contributed by atoms with E-state index in [0.717, 1.165) is 11.7 Å². The summed E-state index contributed by atoms with van der Waals surface area (Å²) in [5.41, 5.74) is 1.24. The quantitative estimate of drug-likeness (QED) is 0.904. The predicted octanol–water partition coefficient (Wildman–Crippen LogP) is 2.29. The normalized spacial score (nSPS) is 21.2. The van der Waals surface area contributed by atoms with Gasteiger partial charge in [0.1, 0.15) is 5.82 Å². The van der Waals surface area contributed by atoms with Gasteiger partial charge in [-0.2, -0.15) is 0 Å². The topological polar surface area (TPSA) is 31.4 Å². The van der Waals surface area contributed by atoms with Gasteiger partial charge >= 0.3 is 0 Å². The molecule has 22 heavy (non-hydrogen) atoms. The van der Waals surface area contributed by atoms with Crippen LogP contribution in [0, 0.1) is 12.8 Å². The number of nitrogens with one attached hydrogen (secondary N) is 1. The Morgan fingerprint density at radius 1 is 1.14 bits per heavy atom. The largest absolute Gasteiger partial charge is 0.357 e. The number of pyridine rings is 1. The van der Waals surface area contributed by atoms with Crippen molar-refractivity contribution >= 4 is 5.82 Å². The Labute approximate surface area is 134 Å². The van der Waals surface area contributed by atoms with E-state index in [2.05, 4.69) is 39.2 Å². The minimum absolute atomic E-state index is 0.921. The van der Waals surface area contributed by atoms with Crippen molar-refractivity contribution < 1.29 is 0 Å². The number of anilines is 1. The first kappa shape index (κ1) is 15.8. The second-order valence-electron chi connectivity index (χ2n) is 6.86. The van der Waals surface area contributed by atoms with E-state index in [-0.39, 0.29) is 0 Å². The van der Waals surface area contributed by atoms with Gasteiger partial charge in [-0.1, -0.05) is 6.07 Å². The van der Waals surface area contributed by atoms with E-state index in [1.54, 1.807) is 0 Å². The summed E-state index contributed by atoms with van der Waals surface area (Å²) >= 11 is 0. The first-order chi connectivity index (χ1) is 10.8.